The average molecular weight is 406 g/mol. The van der Waals surface area contributed by atoms with Crippen molar-refractivity contribution in [2.75, 3.05) is 0 Å². The minimum absolute atomic E-state index is 0.179. The summed E-state index contributed by atoms with van der Waals surface area (Å²) in [5.41, 5.74) is -4.76. The van der Waals surface area contributed by atoms with E-state index in [1.807, 2.05) is 20.8 Å². The molecule has 4 aliphatic heterocycles. The van der Waals surface area contributed by atoms with Gasteiger partial charge in [0.25, 0.3) is 0 Å². The zero-order chi connectivity index (χ0) is 20.9. The molecule has 0 bridgehead atoms. The second kappa shape index (κ2) is 4.53. The minimum atomic E-state index is -1.83. The highest BCUT2D eigenvalue weighted by Gasteiger charge is 2.99. The highest BCUT2D eigenvalue weighted by molar-refractivity contribution is 6.00. The van der Waals surface area contributed by atoms with Crippen LogP contribution in [-0.4, -0.2) is 64.4 Å². The molecule has 9 nitrogen and oxygen atoms in total. The molecule has 6 rings (SSSR count). The molecule has 0 aromatic carbocycles. The molecule has 0 amide bonds. The Kier molecular flexibility index (Phi) is 2.79. The summed E-state index contributed by atoms with van der Waals surface area (Å²) >= 11 is 0. The van der Waals surface area contributed by atoms with Crippen molar-refractivity contribution < 1.29 is 43.5 Å². The molecule has 2 saturated carbocycles. The Morgan fingerprint density at radius 3 is 2.41 bits per heavy atom. The number of hydrogen-bond acceptors (Lipinski definition) is 9. The van der Waals surface area contributed by atoms with Gasteiger partial charge in [-0.2, -0.15) is 0 Å². The van der Waals surface area contributed by atoms with Crippen molar-refractivity contribution in [1.82, 2.24) is 0 Å². The minimum Gasteiger partial charge on any atom is -0.459 e. The summed E-state index contributed by atoms with van der Waals surface area (Å²) in [6, 6.07) is 0. The Bertz CT molecular complexity index is 946. The maximum Gasteiger partial charge on any atom is 0.344 e. The molecule has 0 radical (unpaired) electrons. The van der Waals surface area contributed by atoms with E-state index in [-0.39, 0.29) is 17.1 Å². The third-order valence-corrected chi connectivity index (χ3v) is 8.35. The predicted octanol–water partition coefficient (Wildman–Crippen LogP) is -0.420. The molecule has 6 aliphatic rings. The normalized spacial score (nSPS) is 54.2. The zero-order valence-corrected chi connectivity index (χ0v) is 16.4. The van der Waals surface area contributed by atoms with E-state index in [1.165, 1.54) is 6.92 Å². The van der Waals surface area contributed by atoms with Gasteiger partial charge >= 0.3 is 17.9 Å². The fourth-order valence-electron chi connectivity index (χ4n) is 7.64. The highest BCUT2D eigenvalue weighted by Crippen LogP contribution is 2.83. The quantitative estimate of drug-likeness (QED) is 0.407. The molecule has 0 aromatic heterocycles. The standard InChI is InChI=1S/C20H22O9/c1-6-9-10(27-13(6)23)11(21)19-8-5-7(17(2,3)4)18(19)12(22)14(24)28-16(18)29-20(9,19)15(25)26-8/h7-8,10-12,16,21-22H,5H2,1-4H3/t7-,8+,10+,11?,12-,16-,18-,19-,20+/m0/s1. The van der Waals surface area contributed by atoms with Crippen molar-refractivity contribution in [1.29, 1.82) is 0 Å². The van der Waals surface area contributed by atoms with E-state index in [0.29, 0.717) is 6.42 Å². The number of esters is 3. The number of rotatable bonds is 0. The topological polar surface area (TPSA) is 129 Å². The number of hydrogen-bond donors (Lipinski definition) is 2. The Hall–Kier alpha value is -1.97. The van der Waals surface area contributed by atoms with Gasteiger partial charge in [-0.25, -0.2) is 14.4 Å². The Labute approximate surface area is 165 Å². The maximum atomic E-state index is 13.3. The first-order valence-corrected chi connectivity index (χ1v) is 9.85. The largest absolute Gasteiger partial charge is 0.459 e. The average Bonchev–Trinajstić information content (AvgIpc) is 3.34. The maximum absolute atomic E-state index is 13.3. The molecule has 156 valence electrons. The van der Waals surface area contributed by atoms with Crippen LogP contribution in [0.3, 0.4) is 0 Å². The van der Waals surface area contributed by atoms with Gasteiger partial charge in [-0.05, 0) is 24.7 Å². The first kappa shape index (κ1) is 17.9. The molecule has 3 saturated heterocycles. The SMILES string of the molecule is CC1=C2[C@@H](OC1=O)C(O)[C@@]13[C@H]4C[C@@H](C(C)(C)C)[C@]15[C@@H](OC(=O)[C@@H]5O)O[C@@]23C(=O)O4. The van der Waals surface area contributed by atoms with Gasteiger partial charge < -0.3 is 29.2 Å². The lowest BCUT2D eigenvalue weighted by Gasteiger charge is -2.47. The van der Waals surface area contributed by atoms with Gasteiger partial charge in [0.15, 0.2) is 12.2 Å². The van der Waals surface area contributed by atoms with Crippen molar-refractivity contribution in [3.8, 4) is 0 Å². The fourth-order valence-corrected chi connectivity index (χ4v) is 7.64. The molecule has 2 spiro atoms. The number of ether oxygens (including phenoxy) is 4. The van der Waals surface area contributed by atoms with Crippen LogP contribution < -0.4 is 0 Å². The van der Waals surface area contributed by atoms with Crippen molar-refractivity contribution in [3.05, 3.63) is 11.1 Å². The molecule has 2 N–H and O–H groups in total. The van der Waals surface area contributed by atoms with Crippen LogP contribution in [0.2, 0.25) is 0 Å². The van der Waals surface area contributed by atoms with E-state index in [4.69, 9.17) is 18.9 Å². The van der Waals surface area contributed by atoms with E-state index >= 15 is 0 Å². The van der Waals surface area contributed by atoms with Gasteiger partial charge in [0.05, 0.1) is 10.8 Å². The van der Waals surface area contributed by atoms with Crippen molar-refractivity contribution >= 4 is 17.9 Å². The smallest absolute Gasteiger partial charge is 0.344 e. The van der Waals surface area contributed by atoms with Gasteiger partial charge in [0.2, 0.25) is 11.9 Å². The lowest BCUT2D eigenvalue weighted by atomic mass is 9.51. The van der Waals surface area contributed by atoms with E-state index in [0.717, 1.165) is 0 Å². The van der Waals surface area contributed by atoms with E-state index in [1.54, 1.807) is 0 Å². The van der Waals surface area contributed by atoms with Crippen molar-refractivity contribution in [2.45, 2.75) is 70.4 Å². The number of fused-ring (bicyclic) bond motifs is 1. The fraction of sp³-hybridized carbons (Fsp3) is 0.750. The van der Waals surface area contributed by atoms with Crippen LogP contribution in [0.25, 0.3) is 0 Å². The van der Waals surface area contributed by atoms with Crippen LogP contribution in [0, 0.1) is 22.2 Å². The van der Waals surface area contributed by atoms with Crippen LogP contribution >= 0.6 is 0 Å². The van der Waals surface area contributed by atoms with E-state index < -0.39 is 70.5 Å². The van der Waals surface area contributed by atoms with E-state index in [2.05, 4.69) is 0 Å². The molecule has 29 heavy (non-hydrogen) atoms. The van der Waals surface area contributed by atoms with Gasteiger partial charge in [0, 0.05) is 11.1 Å². The van der Waals surface area contributed by atoms with Crippen LogP contribution in [0.4, 0.5) is 0 Å². The first-order valence-electron chi connectivity index (χ1n) is 9.85. The predicted molar refractivity (Wildman–Crippen MR) is 90.6 cm³/mol. The molecule has 1 unspecified atom stereocenters. The number of carbonyl (C=O) groups is 3. The third kappa shape index (κ3) is 1.36. The second-order valence-corrected chi connectivity index (χ2v) is 10.1. The number of carbonyl (C=O) groups excluding carboxylic acids is 3. The number of aliphatic hydroxyl groups excluding tert-OH is 2. The first-order chi connectivity index (χ1) is 13.5. The van der Waals surface area contributed by atoms with Gasteiger partial charge in [0.1, 0.15) is 12.2 Å². The van der Waals surface area contributed by atoms with Crippen LogP contribution in [0.5, 0.6) is 0 Å². The molecule has 2 aliphatic carbocycles. The van der Waals surface area contributed by atoms with Crippen LogP contribution in [-0.2, 0) is 33.3 Å². The molecule has 9 atom stereocenters. The summed E-state index contributed by atoms with van der Waals surface area (Å²) in [4.78, 5) is 38.0. The van der Waals surface area contributed by atoms with E-state index in [9.17, 15) is 24.6 Å². The molecular formula is C20H22O9. The summed E-state index contributed by atoms with van der Waals surface area (Å²) in [5, 5.41) is 22.8. The molecule has 4 heterocycles. The van der Waals surface area contributed by atoms with Gasteiger partial charge in [-0.1, -0.05) is 20.8 Å². The van der Waals surface area contributed by atoms with Gasteiger partial charge in [-0.3, -0.25) is 0 Å². The molecule has 9 heteroatoms. The lowest BCUT2D eigenvalue weighted by Crippen LogP contribution is -2.62. The summed E-state index contributed by atoms with van der Waals surface area (Å²) in [5.74, 6) is -2.59. The third-order valence-electron chi connectivity index (χ3n) is 8.35. The monoisotopic (exact) mass is 406 g/mol. The van der Waals surface area contributed by atoms with Crippen molar-refractivity contribution in [3.63, 3.8) is 0 Å². The Morgan fingerprint density at radius 2 is 1.76 bits per heavy atom. The van der Waals surface area contributed by atoms with Crippen LogP contribution in [0.1, 0.15) is 34.1 Å². The molecule has 5 fully saturated rings. The van der Waals surface area contributed by atoms with Crippen molar-refractivity contribution in [2.24, 2.45) is 22.2 Å². The highest BCUT2D eigenvalue weighted by atomic mass is 16.7. The van der Waals surface area contributed by atoms with Crippen LogP contribution in [0.15, 0.2) is 11.1 Å². The zero-order valence-electron chi connectivity index (χ0n) is 16.4. The summed E-state index contributed by atoms with van der Waals surface area (Å²) < 4.78 is 22.8. The summed E-state index contributed by atoms with van der Waals surface area (Å²) in [6.07, 6.45) is -5.81. The lowest BCUT2D eigenvalue weighted by molar-refractivity contribution is -0.193. The second-order valence-electron chi connectivity index (χ2n) is 10.1. The number of aliphatic hydroxyl groups is 2. The Balaban J connectivity index is 1.73. The molecular weight excluding hydrogens is 384 g/mol. The molecule has 0 aromatic rings. The summed E-state index contributed by atoms with van der Waals surface area (Å²) in [7, 11) is 0. The summed E-state index contributed by atoms with van der Waals surface area (Å²) in [6.45, 7) is 7.41. The Morgan fingerprint density at radius 1 is 1.07 bits per heavy atom. The van der Waals surface area contributed by atoms with Gasteiger partial charge in [-0.15, -0.1) is 0 Å².